The normalized spacial score (nSPS) is 24.1. The monoisotopic (exact) mass is 343 g/mol. The van der Waals surface area contributed by atoms with Gasteiger partial charge in [-0.1, -0.05) is 12.8 Å². The van der Waals surface area contributed by atoms with E-state index in [-0.39, 0.29) is 0 Å². The van der Waals surface area contributed by atoms with Gasteiger partial charge in [-0.2, -0.15) is 0 Å². The molecule has 3 aliphatic rings. The molecule has 138 valence electrons. The summed E-state index contributed by atoms with van der Waals surface area (Å²) in [6.45, 7) is 8.40. The highest BCUT2D eigenvalue weighted by molar-refractivity contribution is 5.49. The van der Waals surface area contributed by atoms with Crippen LogP contribution in [0.2, 0.25) is 0 Å². The Morgan fingerprint density at radius 2 is 1.72 bits per heavy atom. The second-order valence-electron chi connectivity index (χ2n) is 8.26. The Balaban J connectivity index is 1.36. The van der Waals surface area contributed by atoms with Gasteiger partial charge in [-0.25, -0.2) is 9.97 Å². The molecular formula is C20H33N5. The minimum absolute atomic E-state index is 0.870. The number of nitrogens with zero attached hydrogens (tertiary/aromatic N) is 5. The fourth-order valence-corrected chi connectivity index (χ4v) is 4.75. The lowest BCUT2D eigenvalue weighted by Gasteiger charge is -2.37. The Bertz CT molecular complexity index is 559. The first-order valence-corrected chi connectivity index (χ1v) is 10.3. The molecule has 5 nitrogen and oxygen atoms in total. The zero-order valence-electron chi connectivity index (χ0n) is 15.8. The number of aromatic nitrogens is 2. The molecule has 2 fully saturated rings. The van der Waals surface area contributed by atoms with Crippen molar-refractivity contribution in [3.05, 3.63) is 17.6 Å². The molecule has 4 heterocycles. The standard InChI is InChI=1S/C20H33N5/c1-23-11-8-19-18(15-23)20(22-16-21-19)25-12-6-17(7-13-25)14-24-9-4-2-3-5-10-24/h16-17H,2-15H2,1H3. The first-order chi connectivity index (χ1) is 12.3. The van der Waals surface area contributed by atoms with Crippen LogP contribution in [0.4, 0.5) is 5.82 Å². The number of rotatable bonds is 3. The Morgan fingerprint density at radius 1 is 0.960 bits per heavy atom. The third-order valence-corrected chi connectivity index (χ3v) is 6.30. The van der Waals surface area contributed by atoms with Crippen LogP contribution in [0.3, 0.4) is 0 Å². The van der Waals surface area contributed by atoms with Gasteiger partial charge >= 0.3 is 0 Å². The summed E-state index contributed by atoms with van der Waals surface area (Å²) in [7, 11) is 2.20. The number of hydrogen-bond donors (Lipinski definition) is 0. The van der Waals surface area contributed by atoms with E-state index in [9.17, 15) is 0 Å². The minimum Gasteiger partial charge on any atom is -0.356 e. The van der Waals surface area contributed by atoms with Gasteiger partial charge in [-0.3, -0.25) is 0 Å². The molecule has 0 aliphatic carbocycles. The molecule has 0 spiro atoms. The van der Waals surface area contributed by atoms with Gasteiger partial charge in [0.15, 0.2) is 0 Å². The van der Waals surface area contributed by atoms with Gasteiger partial charge in [-0.05, 0) is 51.7 Å². The molecule has 1 aromatic heterocycles. The molecule has 25 heavy (non-hydrogen) atoms. The van der Waals surface area contributed by atoms with E-state index in [1.807, 2.05) is 0 Å². The molecule has 0 N–H and O–H groups in total. The Labute approximate surface area is 152 Å². The highest BCUT2D eigenvalue weighted by atomic mass is 15.2. The smallest absolute Gasteiger partial charge is 0.136 e. The van der Waals surface area contributed by atoms with Crippen molar-refractivity contribution in [2.75, 3.05) is 51.2 Å². The summed E-state index contributed by atoms with van der Waals surface area (Å²) in [6, 6.07) is 0. The molecule has 3 aliphatic heterocycles. The molecule has 0 amide bonds. The van der Waals surface area contributed by atoms with E-state index in [1.54, 1.807) is 6.33 Å². The van der Waals surface area contributed by atoms with Crippen LogP contribution in [0, 0.1) is 5.92 Å². The summed E-state index contributed by atoms with van der Waals surface area (Å²) in [5.74, 6) is 2.08. The molecule has 4 rings (SSSR count). The van der Waals surface area contributed by atoms with Crippen molar-refractivity contribution in [3.63, 3.8) is 0 Å². The summed E-state index contributed by atoms with van der Waals surface area (Å²) >= 11 is 0. The average Bonchev–Trinajstić information content (AvgIpc) is 2.91. The Kier molecular flexibility index (Phi) is 5.51. The van der Waals surface area contributed by atoms with Crippen molar-refractivity contribution in [2.24, 2.45) is 5.92 Å². The quantitative estimate of drug-likeness (QED) is 0.843. The third-order valence-electron chi connectivity index (χ3n) is 6.30. The zero-order valence-corrected chi connectivity index (χ0v) is 15.8. The van der Waals surface area contributed by atoms with Crippen LogP contribution in [0.5, 0.6) is 0 Å². The summed E-state index contributed by atoms with van der Waals surface area (Å²) in [5, 5.41) is 0. The van der Waals surface area contributed by atoms with Gasteiger partial charge in [0.25, 0.3) is 0 Å². The summed E-state index contributed by atoms with van der Waals surface area (Å²) in [4.78, 5) is 16.9. The highest BCUT2D eigenvalue weighted by Crippen LogP contribution is 2.29. The lowest BCUT2D eigenvalue weighted by atomic mass is 9.95. The van der Waals surface area contributed by atoms with Crippen LogP contribution < -0.4 is 4.90 Å². The fraction of sp³-hybridized carbons (Fsp3) is 0.800. The molecule has 0 bridgehead atoms. The van der Waals surface area contributed by atoms with Crippen LogP contribution in [0.25, 0.3) is 0 Å². The first-order valence-electron chi connectivity index (χ1n) is 10.3. The number of hydrogen-bond acceptors (Lipinski definition) is 5. The van der Waals surface area contributed by atoms with E-state index in [0.717, 1.165) is 38.5 Å². The number of likely N-dealkylation sites (N-methyl/N-ethyl adjacent to an activating group) is 1. The van der Waals surface area contributed by atoms with Crippen LogP contribution >= 0.6 is 0 Å². The average molecular weight is 344 g/mol. The van der Waals surface area contributed by atoms with Crippen molar-refractivity contribution in [3.8, 4) is 0 Å². The van der Waals surface area contributed by atoms with Crippen LogP contribution in [0.15, 0.2) is 6.33 Å². The maximum Gasteiger partial charge on any atom is 0.136 e. The number of anilines is 1. The molecule has 0 atom stereocenters. The van der Waals surface area contributed by atoms with Gasteiger partial charge in [0.2, 0.25) is 0 Å². The maximum atomic E-state index is 4.68. The topological polar surface area (TPSA) is 35.5 Å². The Hall–Kier alpha value is -1.20. The molecule has 0 saturated carbocycles. The SMILES string of the molecule is CN1CCc2ncnc(N3CCC(CN4CCCCCC4)CC3)c2C1. The lowest BCUT2D eigenvalue weighted by molar-refractivity contribution is 0.217. The summed E-state index contributed by atoms with van der Waals surface area (Å²) < 4.78 is 0. The van der Waals surface area contributed by atoms with E-state index < -0.39 is 0 Å². The number of piperidine rings is 1. The first kappa shape index (κ1) is 17.2. The van der Waals surface area contributed by atoms with Crippen LogP contribution in [-0.2, 0) is 13.0 Å². The van der Waals surface area contributed by atoms with Crippen molar-refractivity contribution in [2.45, 2.75) is 51.5 Å². The van der Waals surface area contributed by atoms with Crippen molar-refractivity contribution >= 4 is 5.82 Å². The van der Waals surface area contributed by atoms with Gasteiger partial charge < -0.3 is 14.7 Å². The van der Waals surface area contributed by atoms with Crippen molar-refractivity contribution in [1.29, 1.82) is 0 Å². The predicted octanol–water partition coefficient (Wildman–Crippen LogP) is 2.56. The Morgan fingerprint density at radius 3 is 2.48 bits per heavy atom. The van der Waals surface area contributed by atoms with Crippen molar-refractivity contribution in [1.82, 2.24) is 19.8 Å². The molecule has 1 aromatic rings. The largest absolute Gasteiger partial charge is 0.356 e. The molecular weight excluding hydrogens is 310 g/mol. The second-order valence-corrected chi connectivity index (χ2v) is 8.26. The second kappa shape index (κ2) is 8.00. The van der Waals surface area contributed by atoms with Gasteiger partial charge in [0, 0.05) is 44.7 Å². The fourth-order valence-electron chi connectivity index (χ4n) is 4.75. The molecule has 0 aromatic carbocycles. The maximum absolute atomic E-state index is 4.68. The van der Waals surface area contributed by atoms with Gasteiger partial charge in [0.1, 0.15) is 12.1 Å². The van der Waals surface area contributed by atoms with Gasteiger partial charge in [0.05, 0.1) is 5.69 Å². The lowest BCUT2D eigenvalue weighted by Crippen LogP contribution is -2.40. The van der Waals surface area contributed by atoms with E-state index >= 15 is 0 Å². The van der Waals surface area contributed by atoms with E-state index in [2.05, 4.69) is 31.7 Å². The zero-order chi connectivity index (χ0) is 17.1. The van der Waals surface area contributed by atoms with E-state index in [0.29, 0.717) is 0 Å². The highest BCUT2D eigenvalue weighted by Gasteiger charge is 2.26. The molecule has 0 unspecified atom stereocenters. The van der Waals surface area contributed by atoms with Gasteiger partial charge in [-0.15, -0.1) is 0 Å². The predicted molar refractivity (Wildman–Crippen MR) is 102 cm³/mol. The molecule has 5 heteroatoms. The summed E-state index contributed by atoms with van der Waals surface area (Å²) in [6.07, 6.45) is 11.1. The number of likely N-dealkylation sites (tertiary alicyclic amines) is 1. The molecule has 2 saturated heterocycles. The number of fused-ring (bicyclic) bond motifs is 1. The van der Waals surface area contributed by atoms with E-state index in [4.69, 9.17) is 0 Å². The van der Waals surface area contributed by atoms with Crippen molar-refractivity contribution < 1.29 is 0 Å². The van der Waals surface area contributed by atoms with E-state index in [1.165, 1.54) is 75.2 Å². The minimum atomic E-state index is 0.870. The van der Waals surface area contributed by atoms with Crippen LogP contribution in [0.1, 0.15) is 49.8 Å². The molecule has 0 radical (unpaired) electrons. The van der Waals surface area contributed by atoms with Crippen LogP contribution in [-0.4, -0.2) is 66.1 Å². The summed E-state index contributed by atoms with van der Waals surface area (Å²) in [5.41, 5.74) is 2.65. The third kappa shape index (κ3) is 4.14.